The van der Waals surface area contributed by atoms with Gasteiger partial charge in [-0.2, -0.15) is 0 Å². The molecule has 4 nitrogen and oxygen atoms in total. The van der Waals surface area contributed by atoms with Gasteiger partial charge in [-0.15, -0.1) is 0 Å². The van der Waals surface area contributed by atoms with E-state index in [0.29, 0.717) is 4.99 Å². The Bertz CT molecular complexity index is 588. The lowest BCUT2D eigenvalue weighted by Crippen LogP contribution is -2.19. The van der Waals surface area contributed by atoms with Gasteiger partial charge in [0.25, 0.3) is 0 Å². The maximum absolute atomic E-state index is 5.74. The first kappa shape index (κ1) is 13.2. The molecule has 18 heavy (non-hydrogen) atoms. The number of aromatic nitrogens is 2. The summed E-state index contributed by atoms with van der Waals surface area (Å²) in [7, 11) is 1.93. The van der Waals surface area contributed by atoms with Gasteiger partial charge in [-0.3, -0.25) is 0 Å². The molecule has 2 rings (SSSR count). The molecular weight excluding hydrogens is 359 g/mol. The Balaban J connectivity index is 2.50. The Labute approximate surface area is 124 Å². The lowest BCUT2D eigenvalue weighted by molar-refractivity contribution is 1.06. The molecule has 1 heterocycles. The van der Waals surface area contributed by atoms with Crippen LogP contribution >= 0.6 is 34.8 Å². The molecule has 0 spiro atoms. The van der Waals surface area contributed by atoms with Gasteiger partial charge in [0.1, 0.15) is 17.1 Å². The van der Waals surface area contributed by atoms with E-state index in [9.17, 15) is 0 Å². The highest BCUT2D eigenvalue weighted by molar-refractivity contribution is 14.1. The van der Waals surface area contributed by atoms with Crippen molar-refractivity contribution in [1.29, 1.82) is 0 Å². The largest absolute Gasteiger partial charge is 0.389 e. The van der Waals surface area contributed by atoms with E-state index in [4.69, 9.17) is 18.0 Å². The molecular formula is C12H11IN4S. The molecule has 6 heteroatoms. The second kappa shape index (κ2) is 5.57. The van der Waals surface area contributed by atoms with Crippen LogP contribution in [0.2, 0.25) is 0 Å². The molecule has 0 atom stereocenters. The quantitative estimate of drug-likeness (QED) is 0.665. The highest BCUT2D eigenvalue weighted by Crippen LogP contribution is 2.28. The summed E-state index contributed by atoms with van der Waals surface area (Å²) in [5, 5.41) is 0. The van der Waals surface area contributed by atoms with Crippen LogP contribution in [0.25, 0.3) is 0 Å². The molecule has 0 saturated heterocycles. The van der Waals surface area contributed by atoms with E-state index in [1.165, 1.54) is 6.33 Å². The van der Waals surface area contributed by atoms with Crippen LogP contribution in [-0.4, -0.2) is 22.0 Å². The van der Waals surface area contributed by atoms with Crippen LogP contribution in [0.3, 0.4) is 0 Å². The van der Waals surface area contributed by atoms with Gasteiger partial charge in [0.15, 0.2) is 0 Å². The highest BCUT2D eigenvalue weighted by Gasteiger charge is 2.13. The predicted octanol–water partition coefficient (Wildman–Crippen LogP) is 2.48. The summed E-state index contributed by atoms with van der Waals surface area (Å²) >= 11 is 7.27. The van der Waals surface area contributed by atoms with E-state index in [-0.39, 0.29) is 0 Å². The summed E-state index contributed by atoms with van der Waals surface area (Å²) in [6, 6.07) is 7.73. The number of nitrogens with two attached hydrogens (primary N) is 1. The Morgan fingerprint density at radius 3 is 2.78 bits per heavy atom. The van der Waals surface area contributed by atoms with Crippen molar-refractivity contribution < 1.29 is 0 Å². The van der Waals surface area contributed by atoms with Crippen LogP contribution in [0.4, 0.5) is 11.5 Å². The minimum atomic E-state index is 0.376. The molecule has 0 amide bonds. The molecule has 0 fully saturated rings. The lowest BCUT2D eigenvalue weighted by Gasteiger charge is -2.21. The van der Waals surface area contributed by atoms with Gasteiger partial charge in [-0.25, -0.2) is 9.97 Å². The van der Waals surface area contributed by atoms with Crippen molar-refractivity contribution in [3.63, 3.8) is 0 Å². The lowest BCUT2D eigenvalue weighted by atomic mass is 10.1. The number of halogens is 1. The van der Waals surface area contributed by atoms with Gasteiger partial charge in [0, 0.05) is 18.8 Å². The van der Waals surface area contributed by atoms with Gasteiger partial charge < -0.3 is 10.6 Å². The monoisotopic (exact) mass is 370 g/mol. The van der Waals surface area contributed by atoms with Crippen molar-refractivity contribution in [2.75, 3.05) is 11.9 Å². The Kier molecular flexibility index (Phi) is 4.07. The first-order chi connectivity index (χ1) is 8.61. The first-order valence-electron chi connectivity index (χ1n) is 5.19. The molecule has 0 aliphatic carbocycles. The fourth-order valence-corrected chi connectivity index (χ4v) is 2.48. The zero-order chi connectivity index (χ0) is 13.1. The Morgan fingerprint density at radius 1 is 1.39 bits per heavy atom. The fraction of sp³-hybridized carbons (Fsp3) is 0.0833. The fourth-order valence-electron chi connectivity index (χ4n) is 1.64. The van der Waals surface area contributed by atoms with Crippen molar-refractivity contribution in [3.05, 3.63) is 45.9 Å². The van der Waals surface area contributed by atoms with E-state index in [0.717, 1.165) is 20.6 Å². The molecule has 0 saturated carbocycles. The van der Waals surface area contributed by atoms with Crippen LogP contribution in [0.1, 0.15) is 5.56 Å². The van der Waals surface area contributed by atoms with Crippen molar-refractivity contribution >= 4 is 51.3 Å². The number of rotatable bonds is 3. The van der Waals surface area contributed by atoms with E-state index < -0.39 is 0 Å². The average molecular weight is 370 g/mol. The Hall–Kier alpha value is -1.28. The number of para-hydroxylation sites is 1. The number of thiocarbonyl (C=S) groups is 1. The number of benzene rings is 1. The average Bonchev–Trinajstić information content (AvgIpc) is 2.38. The van der Waals surface area contributed by atoms with Gasteiger partial charge >= 0.3 is 0 Å². The van der Waals surface area contributed by atoms with E-state index in [1.54, 1.807) is 6.20 Å². The van der Waals surface area contributed by atoms with Crippen molar-refractivity contribution in [1.82, 2.24) is 9.97 Å². The molecule has 1 aromatic carbocycles. The summed E-state index contributed by atoms with van der Waals surface area (Å²) in [6.07, 6.45) is 3.29. The minimum absolute atomic E-state index is 0.376. The predicted molar refractivity (Wildman–Crippen MR) is 85.1 cm³/mol. The van der Waals surface area contributed by atoms with Crippen molar-refractivity contribution in [2.45, 2.75) is 0 Å². The third-order valence-electron chi connectivity index (χ3n) is 2.50. The smallest absolute Gasteiger partial charge is 0.149 e. The summed E-state index contributed by atoms with van der Waals surface area (Å²) in [6.45, 7) is 0. The highest BCUT2D eigenvalue weighted by atomic mass is 127. The summed E-state index contributed by atoms with van der Waals surface area (Å²) in [4.78, 5) is 10.6. The maximum Gasteiger partial charge on any atom is 0.149 e. The SMILES string of the molecule is CN(c1ccccc1C(N)=S)c1ncncc1I. The number of anilines is 2. The number of nitrogens with zero attached hydrogens (tertiary/aromatic N) is 3. The van der Waals surface area contributed by atoms with Crippen LogP contribution < -0.4 is 10.6 Å². The van der Waals surface area contributed by atoms with E-state index >= 15 is 0 Å². The second-order valence-electron chi connectivity index (χ2n) is 3.63. The van der Waals surface area contributed by atoms with Gasteiger partial charge in [0.05, 0.1) is 9.26 Å². The van der Waals surface area contributed by atoms with Crippen LogP contribution in [0.5, 0.6) is 0 Å². The molecule has 0 aliphatic heterocycles. The van der Waals surface area contributed by atoms with E-state index in [2.05, 4.69) is 32.6 Å². The molecule has 92 valence electrons. The Morgan fingerprint density at radius 2 is 2.11 bits per heavy atom. The second-order valence-corrected chi connectivity index (χ2v) is 5.24. The zero-order valence-electron chi connectivity index (χ0n) is 9.67. The molecule has 1 aromatic heterocycles. The summed E-state index contributed by atoms with van der Waals surface area (Å²) < 4.78 is 0.968. The van der Waals surface area contributed by atoms with Gasteiger partial charge in [-0.05, 0) is 34.7 Å². The third-order valence-corrected chi connectivity index (χ3v) is 3.48. The topological polar surface area (TPSA) is 55.0 Å². The molecule has 0 unspecified atom stereocenters. The number of hydrogen-bond donors (Lipinski definition) is 1. The van der Waals surface area contributed by atoms with Crippen molar-refractivity contribution in [2.24, 2.45) is 5.73 Å². The van der Waals surface area contributed by atoms with E-state index in [1.807, 2.05) is 36.2 Å². The maximum atomic E-state index is 5.74. The van der Waals surface area contributed by atoms with Crippen LogP contribution in [0.15, 0.2) is 36.8 Å². The molecule has 2 N–H and O–H groups in total. The normalized spacial score (nSPS) is 10.1. The molecule has 0 bridgehead atoms. The first-order valence-corrected chi connectivity index (χ1v) is 6.68. The molecule has 0 radical (unpaired) electrons. The van der Waals surface area contributed by atoms with Crippen LogP contribution in [-0.2, 0) is 0 Å². The number of hydrogen-bond acceptors (Lipinski definition) is 4. The molecule has 0 aliphatic rings. The van der Waals surface area contributed by atoms with Crippen LogP contribution in [0, 0.1) is 3.57 Å². The third kappa shape index (κ3) is 2.59. The van der Waals surface area contributed by atoms with Gasteiger partial charge in [0.2, 0.25) is 0 Å². The van der Waals surface area contributed by atoms with Gasteiger partial charge in [-0.1, -0.05) is 24.4 Å². The molecule has 2 aromatic rings. The summed E-state index contributed by atoms with van der Waals surface area (Å²) in [5.74, 6) is 0.828. The zero-order valence-corrected chi connectivity index (χ0v) is 12.6. The minimum Gasteiger partial charge on any atom is -0.389 e. The van der Waals surface area contributed by atoms with Crippen molar-refractivity contribution in [3.8, 4) is 0 Å². The summed E-state index contributed by atoms with van der Waals surface area (Å²) in [5.41, 5.74) is 7.51. The standard InChI is InChI=1S/C12H11IN4S/c1-17(12-9(13)6-15-7-16-12)10-5-3-2-4-8(10)11(14)18/h2-7H,1H3,(H2,14,18).